The third kappa shape index (κ3) is 4.04. The van der Waals surface area contributed by atoms with Crippen LogP contribution in [0.15, 0.2) is 52.9 Å². The van der Waals surface area contributed by atoms with Crippen molar-refractivity contribution in [2.75, 3.05) is 6.54 Å². The highest BCUT2D eigenvalue weighted by Gasteiger charge is 2.34. The average molecular weight is 327 g/mol. The standard InChI is InChI=1S/C17H17N3O2S/c21-16-9-14(12-20(16)11-13-5-2-1-3-6-13)17(22)19-18-10-15-7-4-8-23-15/h1-8,10,14H,9,11-12H2,(H,19,22)/b18-10+. The molecular formula is C17H17N3O2S. The summed E-state index contributed by atoms with van der Waals surface area (Å²) in [5, 5.41) is 5.89. The van der Waals surface area contributed by atoms with Gasteiger partial charge in [-0.3, -0.25) is 9.59 Å². The van der Waals surface area contributed by atoms with Gasteiger partial charge < -0.3 is 4.90 Å². The van der Waals surface area contributed by atoms with E-state index in [1.165, 1.54) is 0 Å². The molecule has 1 saturated heterocycles. The minimum absolute atomic E-state index is 0.0104. The van der Waals surface area contributed by atoms with E-state index in [4.69, 9.17) is 0 Å². The first-order valence-electron chi connectivity index (χ1n) is 7.40. The zero-order valence-electron chi connectivity index (χ0n) is 12.5. The lowest BCUT2D eigenvalue weighted by Gasteiger charge is -2.16. The van der Waals surface area contributed by atoms with Crippen molar-refractivity contribution in [3.63, 3.8) is 0 Å². The fourth-order valence-electron chi connectivity index (χ4n) is 2.52. The highest BCUT2D eigenvalue weighted by molar-refractivity contribution is 7.11. The second-order valence-corrected chi connectivity index (χ2v) is 6.39. The Balaban J connectivity index is 1.53. The van der Waals surface area contributed by atoms with Crippen LogP contribution in [0.25, 0.3) is 0 Å². The summed E-state index contributed by atoms with van der Waals surface area (Å²) in [6, 6.07) is 13.6. The molecule has 1 unspecified atom stereocenters. The van der Waals surface area contributed by atoms with Gasteiger partial charge >= 0.3 is 0 Å². The van der Waals surface area contributed by atoms with Gasteiger partial charge in [0.25, 0.3) is 0 Å². The highest BCUT2D eigenvalue weighted by Crippen LogP contribution is 2.20. The van der Waals surface area contributed by atoms with Gasteiger partial charge in [-0.25, -0.2) is 5.43 Å². The van der Waals surface area contributed by atoms with Crippen LogP contribution in [0.4, 0.5) is 0 Å². The molecule has 2 heterocycles. The largest absolute Gasteiger partial charge is 0.338 e. The minimum atomic E-state index is -0.341. The van der Waals surface area contributed by atoms with Crippen LogP contribution in [0.3, 0.4) is 0 Å². The molecule has 0 radical (unpaired) electrons. The first-order valence-corrected chi connectivity index (χ1v) is 8.28. The van der Waals surface area contributed by atoms with Crippen molar-refractivity contribution in [2.45, 2.75) is 13.0 Å². The normalized spacial score (nSPS) is 17.8. The zero-order chi connectivity index (χ0) is 16.1. The number of hydrogen-bond donors (Lipinski definition) is 1. The van der Waals surface area contributed by atoms with Crippen LogP contribution < -0.4 is 5.43 Å². The second kappa shape index (κ2) is 7.19. The lowest BCUT2D eigenvalue weighted by Crippen LogP contribution is -2.30. The third-order valence-corrected chi connectivity index (χ3v) is 4.52. The number of hydrogen-bond acceptors (Lipinski definition) is 4. The molecule has 3 rings (SSSR count). The Morgan fingerprint density at radius 2 is 2.13 bits per heavy atom. The van der Waals surface area contributed by atoms with E-state index in [2.05, 4.69) is 10.5 Å². The molecular weight excluding hydrogens is 310 g/mol. The number of hydrazone groups is 1. The van der Waals surface area contributed by atoms with Crippen LogP contribution >= 0.6 is 11.3 Å². The monoisotopic (exact) mass is 327 g/mol. The number of nitrogens with one attached hydrogen (secondary N) is 1. The SMILES string of the molecule is O=C(N/N=C/c1cccs1)C1CC(=O)N(Cc2ccccc2)C1. The van der Waals surface area contributed by atoms with Gasteiger partial charge in [0.1, 0.15) is 0 Å². The van der Waals surface area contributed by atoms with Gasteiger partial charge in [0.2, 0.25) is 11.8 Å². The number of rotatable bonds is 5. The maximum absolute atomic E-state index is 12.1. The van der Waals surface area contributed by atoms with Gasteiger partial charge in [-0.05, 0) is 17.0 Å². The molecule has 1 aliphatic rings. The fourth-order valence-corrected chi connectivity index (χ4v) is 3.10. The summed E-state index contributed by atoms with van der Waals surface area (Å²) in [7, 11) is 0. The second-order valence-electron chi connectivity index (χ2n) is 5.41. The van der Waals surface area contributed by atoms with Gasteiger partial charge in [0.05, 0.1) is 12.1 Å². The molecule has 23 heavy (non-hydrogen) atoms. The first kappa shape index (κ1) is 15.4. The molecule has 0 saturated carbocycles. The van der Waals surface area contributed by atoms with Crippen molar-refractivity contribution in [3.05, 3.63) is 58.3 Å². The van der Waals surface area contributed by atoms with Gasteiger partial charge in [-0.2, -0.15) is 5.10 Å². The van der Waals surface area contributed by atoms with Crippen molar-refractivity contribution in [3.8, 4) is 0 Å². The maximum atomic E-state index is 12.1. The molecule has 1 atom stereocenters. The predicted molar refractivity (Wildman–Crippen MR) is 90.0 cm³/mol. The van der Waals surface area contributed by atoms with Gasteiger partial charge in [0.15, 0.2) is 0 Å². The van der Waals surface area contributed by atoms with Gasteiger partial charge in [-0.15, -0.1) is 11.3 Å². The van der Waals surface area contributed by atoms with E-state index in [1.54, 1.807) is 22.5 Å². The van der Waals surface area contributed by atoms with Gasteiger partial charge in [0, 0.05) is 24.4 Å². The van der Waals surface area contributed by atoms with Crippen molar-refractivity contribution in [1.29, 1.82) is 0 Å². The van der Waals surface area contributed by atoms with E-state index in [0.717, 1.165) is 10.4 Å². The van der Waals surface area contributed by atoms with Crippen LogP contribution in [0.1, 0.15) is 16.9 Å². The molecule has 2 aromatic rings. The molecule has 0 bridgehead atoms. The molecule has 1 aliphatic heterocycles. The van der Waals surface area contributed by atoms with Crippen LogP contribution in [-0.4, -0.2) is 29.5 Å². The summed E-state index contributed by atoms with van der Waals surface area (Å²) in [6.45, 7) is 0.982. The summed E-state index contributed by atoms with van der Waals surface area (Å²) in [4.78, 5) is 26.9. The summed E-state index contributed by atoms with van der Waals surface area (Å²) in [5.41, 5.74) is 3.59. The Kier molecular flexibility index (Phi) is 4.83. The first-order chi connectivity index (χ1) is 11.2. The molecule has 2 amide bonds. The number of carbonyl (C=O) groups is 2. The summed E-state index contributed by atoms with van der Waals surface area (Å²) in [6.07, 6.45) is 1.86. The number of carbonyl (C=O) groups excluding carboxylic acids is 2. The zero-order valence-corrected chi connectivity index (χ0v) is 13.3. The molecule has 1 N–H and O–H groups in total. The molecule has 118 valence electrons. The van der Waals surface area contributed by atoms with Crippen LogP contribution in [0, 0.1) is 5.92 Å². The molecule has 0 spiro atoms. The van der Waals surface area contributed by atoms with Crippen molar-refractivity contribution < 1.29 is 9.59 Å². The van der Waals surface area contributed by atoms with E-state index >= 15 is 0 Å². The third-order valence-electron chi connectivity index (χ3n) is 3.71. The minimum Gasteiger partial charge on any atom is -0.338 e. The van der Waals surface area contributed by atoms with Gasteiger partial charge in [-0.1, -0.05) is 36.4 Å². The van der Waals surface area contributed by atoms with Crippen LogP contribution in [0.2, 0.25) is 0 Å². The predicted octanol–water partition coefficient (Wildman–Crippen LogP) is 2.25. The molecule has 1 fully saturated rings. The molecule has 1 aromatic heterocycles. The van der Waals surface area contributed by atoms with E-state index in [9.17, 15) is 9.59 Å². The number of benzene rings is 1. The lowest BCUT2D eigenvalue weighted by molar-refractivity contribution is -0.129. The number of thiophene rings is 1. The van der Waals surface area contributed by atoms with Crippen LogP contribution in [0.5, 0.6) is 0 Å². The Morgan fingerprint density at radius 3 is 2.87 bits per heavy atom. The number of nitrogens with zero attached hydrogens (tertiary/aromatic N) is 2. The van der Waals surface area contributed by atoms with E-state index < -0.39 is 0 Å². The average Bonchev–Trinajstić information content (AvgIpc) is 3.19. The number of likely N-dealkylation sites (tertiary alicyclic amines) is 1. The Bertz CT molecular complexity index is 698. The van der Waals surface area contributed by atoms with Crippen molar-refractivity contribution in [2.24, 2.45) is 11.0 Å². The maximum Gasteiger partial charge on any atom is 0.245 e. The Labute approximate surface area is 138 Å². The van der Waals surface area contributed by atoms with Crippen LogP contribution in [-0.2, 0) is 16.1 Å². The quantitative estimate of drug-likeness (QED) is 0.676. The highest BCUT2D eigenvalue weighted by atomic mass is 32.1. The number of amides is 2. The van der Waals surface area contributed by atoms with Crippen molar-refractivity contribution in [1.82, 2.24) is 10.3 Å². The smallest absolute Gasteiger partial charge is 0.245 e. The van der Waals surface area contributed by atoms with E-state index in [-0.39, 0.29) is 24.2 Å². The lowest BCUT2D eigenvalue weighted by atomic mass is 10.1. The molecule has 5 nitrogen and oxygen atoms in total. The van der Waals surface area contributed by atoms with E-state index in [1.807, 2.05) is 47.8 Å². The molecule has 1 aromatic carbocycles. The molecule has 6 heteroatoms. The summed E-state index contributed by atoms with van der Waals surface area (Å²) >= 11 is 1.55. The Morgan fingerprint density at radius 1 is 1.30 bits per heavy atom. The summed E-state index contributed by atoms with van der Waals surface area (Å²) < 4.78 is 0. The Hall–Kier alpha value is -2.47. The van der Waals surface area contributed by atoms with Crippen molar-refractivity contribution >= 4 is 29.4 Å². The topological polar surface area (TPSA) is 61.8 Å². The fraction of sp³-hybridized carbons (Fsp3) is 0.235. The molecule has 0 aliphatic carbocycles. The summed E-state index contributed by atoms with van der Waals surface area (Å²) in [5.74, 6) is -0.537. The van der Waals surface area contributed by atoms with E-state index in [0.29, 0.717) is 13.1 Å².